The van der Waals surface area contributed by atoms with Gasteiger partial charge in [0.25, 0.3) is 5.91 Å². The van der Waals surface area contributed by atoms with Crippen LogP contribution in [0.5, 0.6) is 11.5 Å². The van der Waals surface area contributed by atoms with Gasteiger partial charge in [-0.05, 0) is 47.7 Å². The molecule has 1 fully saturated rings. The number of carbonyl (C=O) groups excluding carboxylic acids is 1. The van der Waals surface area contributed by atoms with Gasteiger partial charge in [0.05, 0.1) is 22.7 Å². The van der Waals surface area contributed by atoms with Gasteiger partial charge in [-0.15, -0.1) is 0 Å². The number of nitrogens with one attached hydrogen (secondary N) is 1. The second-order valence-corrected chi connectivity index (χ2v) is 6.96. The van der Waals surface area contributed by atoms with Gasteiger partial charge in [0, 0.05) is 0 Å². The minimum atomic E-state index is -1.09. The van der Waals surface area contributed by atoms with E-state index in [1.807, 2.05) is 6.07 Å². The van der Waals surface area contributed by atoms with E-state index in [4.69, 9.17) is 26.2 Å². The molecule has 0 aliphatic carbocycles. The number of ether oxygens (including phenoxy) is 2. The molecule has 0 unspecified atom stereocenters. The number of amides is 1. The maximum atomic E-state index is 12.2. The summed E-state index contributed by atoms with van der Waals surface area (Å²) in [6.07, 6.45) is 1.68. The molecule has 7 nitrogen and oxygen atoms in total. The number of hydrogen-bond acceptors (Lipinski definition) is 6. The number of thioether (sulfide) groups is 1. The van der Waals surface area contributed by atoms with Crippen molar-refractivity contribution in [3.05, 3.63) is 58.0 Å². The molecule has 9 heteroatoms. The lowest BCUT2D eigenvalue weighted by atomic mass is 10.2. The maximum Gasteiger partial charge on any atom is 0.341 e. The monoisotopic (exact) mass is 418 g/mol. The first-order valence-corrected chi connectivity index (χ1v) is 9.22. The largest absolute Gasteiger partial charge is 0.493 e. The van der Waals surface area contributed by atoms with E-state index >= 15 is 0 Å². The summed E-state index contributed by atoms with van der Waals surface area (Å²) in [5.41, 5.74) is 1.26. The fraction of sp³-hybridized carbons (Fsp3) is 0.105. The maximum absolute atomic E-state index is 12.2. The van der Waals surface area contributed by atoms with Gasteiger partial charge in [0.2, 0.25) is 0 Å². The van der Waals surface area contributed by atoms with E-state index in [1.165, 1.54) is 18.9 Å². The molecule has 2 aromatic rings. The Bertz CT molecular complexity index is 990. The van der Waals surface area contributed by atoms with E-state index in [1.54, 1.807) is 42.5 Å². The van der Waals surface area contributed by atoms with Crippen LogP contribution >= 0.6 is 23.4 Å². The predicted octanol–water partition coefficient (Wildman–Crippen LogP) is 3.70. The molecule has 1 aliphatic rings. The molecule has 0 bridgehead atoms. The van der Waals surface area contributed by atoms with E-state index in [-0.39, 0.29) is 5.91 Å². The highest BCUT2D eigenvalue weighted by atomic mass is 35.5. The minimum Gasteiger partial charge on any atom is -0.493 e. The van der Waals surface area contributed by atoms with Crippen LogP contribution in [0.3, 0.4) is 0 Å². The van der Waals surface area contributed by atoms with Crippen molar-refractivity contribution >= 4 is 52.2 Å². The Morgan fingerprint density at radius 1 is 1.29 bits per heavy atom. The quantitative estimate of drug-likeness (QED) is 0.694. The molecule has 1 amide bonds. The summed E-state index contributed by atoms with van der Waals surface area (Å²) >= 11 is 7.28. The number of carboxylic acid groups (broad SMARTS) is 1. The molecular formula is C19H15ClN2O5S. The highest BCUT2D eigenvalue weighted by Gasteiger charge is 2.24. The first-order valence-electron chi connectivity index (χ1n) is 8.03. The molecule has 0 saturated carbocycles. The van der Waals surface area contributed by atoms with Gasteiger partial charge in [-0.3, -0.25) is 4.79 Å². The Balaban J connectivity index is 1.80. The van der Waals surface area contributed by atoms with Crippen molar-refractivity contribution in [2.24, 2.45) is 4.99 Å². The van der Waals surface area contributed by atoms with Crippen LogP contribution in [-0.2, 0) is 9.59 Å². The lowest BCUT2D eigenvalue weighted by Gasteiger charge is -2.09. The molecule has 3 rings (SSSR count). The van der Waals surface area contributed by atoms with Crippen LogP contribution in [0.4, 0.5) is 5.69 Å². The number of benzene rings is 2. The Labute approximate surface area is 170 Å². The van der Waals surface area contributed by atoms with Crippen molar-refractivity contribution in [2.45, 2.75) is 0 Å². The molecule has 2 N–H and O–H groups in total. The number of carbonyl (C=O) groups is 2. The van der Waals surface area contributed by atoms with Crippen molar-refractivity contribution in [3.8, 4) is 11.5 Å². The lowest BCUT2D eigenvalue weighted by Crippen LogP contribution is -2.19. The summed E-state index contributed by atoms with van der Waals surface area (Å²) in [7, 11) is 1.45. The van der Waals surface area contributed by atoms with Gasteiger partial charge in [-0.25, -0.2) is 9.79 Å². The fourth-order valence-electron chi connectivity index (χ4n) is 2.32. The van der Waals surface area contributed by atoms with E-state index < -0.39 is 12.6 Å². The number of rotatable bonds is 6. The van der Waals surface area contributed by atoms with Gasteiger partial charge in [-0.2, -0.15) is 0 Å². The van der Waals surface area contributed by atoms with E-state index in [2.05, 4.69) is 10.3 Å². The first-order chi connectivity index (χ1) is 13.5. The molecule has 1 heterocycles. The normalized spacial score (nSPS) is 16.3. The zero-order valence-electron chi connectivity index (χ0n) is 14.6. The molecule has 1 saturated heterocycles. The molecule has 28 heavy (non-hydrogen) atoms. The summed E-state index contributed by atoms with van der Waals surface area (Å²) in [5, 5.41) is 12.3. The Morgan fingerprint density at radius 3 is 2.79 bits per heavy atom. The van der Waals surface area contributed by atoms with Crippen molar-refractivity contribution in [3.63, 3.8) is 0 Å². The van der Waals surface area contributed by atoms with Crippen molar-refractivity contribution in [1.29, 1.82) is 0 Å². The van der Waals surface area contributed by atoms with Gasteiger partial charge >= 0.3 is 5.97 Å². The number of carboxylic acids is 1. The first kappa shape index (κ1) is 19.8. The second kappa shape index (κ2) is 8.81. The van der Waals surface area contributed by atoms with E-state index in [0.717, 1.165) is 0 Å². The molecule has 0 spiro atoms. The van der Waals surface area contributed by atoms with Crippen LogP contribution < -0.4 is 14.8 Å². The smallest absolute Gasteiger partial charge is 0.341 e. The van der Waals surface area contributed by atoms with Crippen molar-refractivity contribution in [2.75, 3.05) is 13.7 Å². The summed E-state index contributed by atoms with van der Waals surface area (Å²) in [6.45, 7) is -0.475. The van der Waals surface area contributed by atoms with Crippen LogP contribution in [0.2, 0.25) is 5.02 Å². The lowest BCUT2D eigenvalue weighted by molar-refractivity contribution is -0.139. The standard InChI is InChI=1S/C19H15ClN2O5S/c1-26-15-8-11(6-7-14(15)27-10-17(23)24)9-16-18(25)22-19(28-16)21-13-5-3-2-4-12(13)20/h2-9H,10H2,1H3,(H,23,24)(H,21,22,25)/b16-9-. The topological polar surface area (TPSA) is 97.2 Å². The number of amidine groups is 1. The van der Waals surface area contributed by atoms with Crippen LogP contribution in [0.25, 0.3) is 6.08 Å². The molecule has 2 aromatic carbocycles. The average molecular weight is 419 g/mol. The third kappa shape index (κ3) is 4.85. The Kier molecular flexibility index (Phi) is 6.23. The SMILES string of the molecule is COc1cc(/C=C2\SC(=Nc3ccccc3Cl)NC2=O)ccc1OCC(=O)O. The number of nitrogens with zero attached hydrogens (tertiary/aromatic N) is 1. The number of aliphatic carboxylic acids is 1. The Morgan fingerprint density at radius 2 is 2.07 bits per heavy atom. The van der Waals surface area contributed by atoms with Crippen molar-refractivity contribution in [1.82, 2.24) is 5.32 Å². The number of hydrogen-bond donors (Lipinski definition) is 2. The minimum absolute atomic E-state index is 0.277. The summed E-state index contributed by atoms with van der Waals surface area (Å²) in [4.78, 5) is 27.7. The van der Waals surface area contributed by atoms with Gasteiger partial charge in [0.15, 0.2) is 23.3 Å². The van der Waals surface area contributed by atoms with Gasteiger partial charge in [0.1, 0.15) is 0 Å². The molecule has 0 aromatic heterocycles. The van der Waals surface area contributed by atoms with E-state index in [9.17, 15) is 9.59 Å². The Hall–Kier alpha value is -2.97. The van der Waals surface area contributed by atoms with Crippen LogP contribution in [0.1, 0.15) is 5.56 Å². The number of para-hydroxylation sites is 1. The number of halogens is 1. The number of methoxy groups -OCH3 is 1. The van der Waals surface area contributed by atoms with Crippen LogP contribution in [0, 0.1) is 0 Å². The second-order valence-electron chi connectivity index (χ2n) is 5.53. The van der Waals surface area contributed by atoms with Crippen molar-refractivity contribution < 1.29 is 24.2 Å². The predicted molar refractivity (Wildman–Crippen MR) is 108 cm³/mol. The van der Waals surface area contributed by atoms with Crippen LogP contribution in [0.15, 0.2) is 52.4 Å². The molecule has 1 aliphatic heterocycles. The molecule has 0 radical (unpaired) electrons. The highest BCUT2D eigenvalue weighted by molar-refractivity contribution is 8.18. The third-order valence-corrected chi connectivity index (χ3v) is 4.79. The summed E-state index contributed by atoms with van der Waals surface area (Å²) in [6, 6.07) is 12.0. The fourth-order valence-corrected chi connectivity index (χ4v) is 3.33. The zero-order chi connectivity index (χ0) is 20.1. The zero-order valence-corrected chi connectivity index (χ0v) is 16.2. The summed E-state index contributed by atoms with van der Waals surface area (Å²) in [5.74, 6) is -0.695. The molecular weight excluding hydrogens is 404 g/mol. The summed E-state index contributed by atoms with van der Waals surface area (Å²) < 4.78 is 10.4. The number of aliphatic imine (C=N–C) groups is 1. The highest BCUT2D eigenvalue weighted by Crippen LogP contribution is 2.33. The molecule has 144 valence electrons. The van der Waals surface area contributed by atoms with E-state index in [0.29, 0.717) is 37.8 Å². The molecule has 0 atom stereocenters. The van der Waals surface area contributed by atoms with Gasteiger partial charge in [-0.1, -0.05) is 29.8 Å². The van der Waals surface area contributed by atoms with Crippen LogP contribution in [-0.4, -0.2) is 35.9 Å². The average Bonchev–Trinajstić information content (AvgIpc) is 3.01. The third-order valence-electron chi connectivity index (χ3n) is 3.56. The van der Waals surface area contributed by atoms with Gasteiger partial charge < -0.3 is 19.9 Å².